The van der Waals surface area contributed by atoms with Gasteiger partial charge in [0.05, 0.1) is 6.54 Å². The van der Waals surface area contributed by atoms with Gasteiger partial charge < -0.3 is 10.6 Å². The molecule has 0 aliphatic heterocycles. The molecule has 0 saturated heterocycles. The molecule has 0 aliphatic carbocycles. The van der Waals surface area contributed by atoms with Gasteiger partial charge in [0, 0.05) is 24.7 Å². The number of hydrogen-bond acceptors (Lipinski definition) is 3. The Morgan fingerprint density at radius 2 is 2.11 bits per heavy atom. The Morgan fingerprint density at radius 1 is 1.26 bits per heavy atom. The van der Waals surface area contributed by atoms with Crippen LogP contribution in [0.3, 0.4) is 0 Å². The van der Waals surface area contributed by atoms with E-state index in [4.69, 9.17) is 0 Å². The van der Waals surface area contributed by atoms with Gasteiger partial charge in [0.2, 0.25) is 0 Å². The third-order valence-corrected chi connectivity index (χ3v) is 4.04. The van der Waals surface area contributed by atoms with Crippen LogP contribution in [0.4, 0.5) is 0 Å². The Kier molecular flexibility index (Phi) is 8.21. The van der Waals surface area contributed by atoms with Gasteiger partial charge in [-0.05, 0) is 12.8 Å². The summed E-state index contributed by atoms with van der Waals surface area (Å²) in [7, 11) is 1.81. The summed E-state index contributed by atoms with van der Waals surface area (Å²) >= 11 is 1.76. The molecule has 5 heteroatoms. The highest BCUT2D eigenvalue weighted by Gasteiger charge is 2.02. The van der Waals surface area contributed by atoms with Crippen LogP contribution in [0, 0.1) is 0 Å². The van der Waals surface area contributed by atoms with E-state index in [-0.39, 0.29) is 0 Å². The molecule has 2 N–H and O–H groups in total. The van der Waals surface area contributed by atoms with E-state index in [1.807, 2.05) is 6.20 Å². The van der Waals surface area contributed by atoms with Gasteiger partial charge in [-0.25, -0.2) is 4.98 Å². The molecule has 0 bridgehead atoms. The minimum absolute atomic E-state index is 0.749. The van der Waals surface area contributed by atoms with Crippen molar-refractivity contribution in [1.82, 2.24) is 15.6 Å². The molecule has 1 rings (SSSR count). The van der Waals surface area contributed by atoms with Crippen LogP contribution < -0.4 is 10.6 Å². The first-order chi connectivity index (χ1) is 9.30. The first kappa shape index (κ1) is 16.0. The minimum Gasteiger partial charge on any atom is -0.356 e. The first-order valence-corrected chi connectivity index (χ1v) is 7.99. The first-order valence-electron chi connectivity index (χ1n) is 7.18. The number of nitrogens with one attached hydrogen (secondary N) is 2. The van der Waals surface area contributed by atoms with Crippen LogP contribution in [0.25, 0.3) is 0 Å². The van der Waals surface area contributed by atoms with Crippen molar-refractivity contribution < 1.29 is 0 Å². The summed E-state index contributed by atoms with van der Waals surface area (Å²) in [6.45, 7) is 6.12. The summed E-state index contributed by atoms with van der Waals surface area (Å²) in [5, 5.41) is 7.75. The molecule has 0 aromatic carbocycles. The summed E-state index contributed by atoms with van der Waals surface area (Å²) in [4.78, 5) is 9.94. The van der Waals surface area contributed by atoms with E-state index in [9.17, 15) is 0 Å². The second-order valence-corrected chi connectivity index (χ2v) is 5.69. The lowest BCUT2D eigenvalue weighted by Crippen LogP contribution is -2.37. The molecule has 0 aliphatic rings. The van der Waals surface area contributed by atoms with Crippen LogP contribution in [0.5, 0.6) is 0 Å². The van der Waals surface area contributed by atoms with Gasteiger partial charge in [0.1, 0.15) is 5.01 Å². The fourth-order valence-electron chi connectivity index (χ4n) is 1.73. The van der Waals surface area contributed by atoms with E-state index in [1.165, 1.54) is 30.6 Å². The molecule has 1 aromatic rings. The van der Waals surface area contributed by atoms with Gasteiger partial charge in [0.15, 0.2) is 5.96 Å². The van der Waals surface area contributed by atoms with Gasteiger partial charge >= 0.3 is 0 Å². The Bertz CT molecular complexity index is 373. The van der Waals surface area contributed by atoms with E-state index < -0.39 is 0 Å². The van der Waals surface area contributed by atoms with Crippen LogP contribution in [0.15, 0.2) is 11.2 Å². The average molecular weight is 282 g/mol. The Labute approximate surface area is 120 Å². The number of rotatable bonds is 8. The van der Waals surface area contributed by atoms with Crippen LogP contribution in [0.2, 0.25) is 0 Å². The van der Waals surface area contributed by atoms with Crippen LogP contribution in [-0.4, -0.2) is 24.5 Å². The van der Waals surface area contributed by atoms with E-state index in [1.54, 1.807) is 18.4 Å². The maximum absolute atomic E-state index is 4.39. The fourth-order valence-corrected chi connectivity index (χ4v) is 2.53. The molecule has 19 heavy (non-hydrogen) atoms. The lowest BCUT2D eigenvalue weighted by Gasteiger charge is -2.10. The monoisotopic (exact) mass is 282 g/mol. The summed E-state index contributed by atoms with van der Waals surface area (Å²) in [6, 6.07) is 0. The number of thiazole rings is 1. The molecule has 0 atom stereocenters. The van der Waals surface area contributed by atoms with Crippen molar-refractivity contribution in [3.8, 4) is 0 Å². The Balaban J connectivity index is 2.21. The highest BCUT2D eigenvalue weighted by molar-refractivity contribution is 7.11. The number of nitrogens with zero attached hydrogens (tertiary/aromatic N) is 2. The van der Waals surface area contributed by atoms with Crippen LogP contribution in [-0.2, 0) is 13.0 Å². The largest absolute Gasteiger partial charge is 0.356 e. The minimum atomic E-state index is 0.749. The van der Waals surface area contributed by atoms with Crippen molar-refractivity contribution in [2.75, 3.05) is 13.6 Å². The third-order valence-electron chi connectivity index (χ3n) is 2.90. The van der Waals surface area contributed by atoms with Crippen molar-refractivity contribution in [2.24, 2.45) is 4.99 Å². The topological polar surface area (TPSA) is 49.3 Å². The normalized spacial score (nSPS) is 11.6. The number of aryl methyl sites for hydroxylation is 1. The summed E-state index contributed by atoms with van der Waals surface area (Å²) < 4.78 is 0. The number of aromatic nitrogens is 1. The number of unbranched alkanes of at least 4 members (excludes halogenated alkanes) is 3. The molecule has 0 saturated carbocycles. The molecule has 0 amide bonds. The highest BCUT2D eigenvalue weighted by Crippen LogP contribution is 2.12. The number of hydrogen-bond donors (Lipinski definition) is 2. The van der Waals surface area contributed by atoms with E-state index in [0.29, 0.717) is 0 Å². The molecule has 1 heterocycles. The molecule has 108 valence electrons. The van der Waals surface area contributed by atoms with Gasteiger partial charge in [-0.2, -0.15) is 0 Å². The summed E-state index contributed by atoms with van der Waals surface area (Å²) in [5.74, 6) is 0.866. The van der Waals surface area contributed by atoms with Crippen molar-refractivity contribution in [2.45, 2.75) is 52.5 Å². The van der Waals surface area contributed by atoms with Crippen molar-refractivity contribution in [3.63, 3.8) is 0 Å². The smallest absolute Gasteiger partial charge is 0.191 e. The molecule has 0 unspecified atom stereocenters. The van der Waals surface area contributed by atoms with Gasteiger partial charge in [-0.3, -0.25) is 4.99 Å². The molecule has 4 nitrogen and oxygen atoms in total. The quantitative estimate of drug-likeness (QED) is 0.438. The SMILES string of the molecule is CCCCCCNC(=NC)NCc1ncc(CC)s1. The Hall–Kier alpha value is -1.10. The maximum atomic E-state index is 4.39. The second-order valence-electron chi connectivity index (χ2n) is 4.49. The third kappa shape index (κ3) is 6.57. The van der Waals surface area contributed by atoms with Crippen molar-refractivity contribution in [1.29, 1.82) is 0 Å². The van der Waals surface area contributed by atoms with E-state index in [2.05, 4.69) is 34.5 Å². The van der Waals surface area contributed by atoms with Crippen LogP contribution in [0.1, 0.15) is 49.4 Å². The van der Waals surface area contributed by atoms with E-state index >= 15 is 0 Å². The fraction of sp³-hybridized carbons (Fsp3) is 0.714. The van der Waals surface area contributed by atoms with Gasteiger partial charge in [-0.1, -0.05) is 33.1 Å². The number of guanidine groups is 1. The van der Waals surface area contributed by atoms with E-state index in [0.717, 1.165) is 30.5 Å². The molecule has 0 spiro atoms. The van der Waals surface area contributed by atoms with Crippen LogP contribution >= 0.6 is 11.3 Å². The highest BCUT2D eigenvalue weighted by atomic mass is 32.1. The predicted molar refractivity (Wildman–Crippen MR) is 83.8 cm³/mol. The predicted octanol–water partition coefficient (Wildman–Crippen LogP) is 2.95. The summed E-state index contributed by atoms with van der Waals surface area (Å²) in [5.41, 5.74) is 0. The lowest BCUT2D eigenvalue weighted by molar-refractivity contribution is 0.647. The molecule has 1 aromatic heterocycles. The van der Waals surface area contributed by atoms with Crippen molar-refractivity contribution in [3.05, 3.63) is 16.1 Å². The zero-order chi connectivity index (χ0) is 13.9. The molecular formula is C14H26N4S. The standard InChI is InChI=1S/C14H26N4S/c1-4-6-7-8-9-16-14(15-3)18-11-13-17-10-12(5-2)19-13/h10H,4-9,11H2,1-3H3,(H2,15,16,18). The molecular weight excluding hydrogens is 256 g/mol. The summed E-state index contributed by atoms with van der Waals surface area (Å²) in [6.07, 6.45) is 8.09. The Morgan fingerprint density at radius 3 is 2.74 bits per heavy atom. The lowest BCUT2D eigenvalue weighted by atomic mass is 10.2. The second kappa shape index (κ2) is 9.78. The number of aliphatic imine (C=N–C) groups is 1. The molecule has 0 radical (unpaired) electrons. The zero-order valence-electron chi connectivity index (χ0n) is 12.3. The molecule has 0 fully saturated rings. The van der Waals surface area contributed by atoms with Gasteiger partial charge in [-0.15, -0.1) is 11.3 Å². The van der Waals surface area contributed by atoms with Gasteiger partial charge in [0.25, 0.3) is 0 Å². The zero-order valence-corrected chi connectivity index (χ0v) is 13.1. The van der Waals surface area contributed by atoms with Crippen molar-refractivity contribution >= 4 is 17.3 Å². The average Bonchev–Trinajstić information content (AvgIpc) is 2.90. The maximum Gasteiger partial charge on any atom is 0.191 e.